The van der Waals surface area contributed by atoms with E-state index in [4.69, 9.17) is 15.2 Å². The fraction of sp³-hybridized carbons (Fsp3) is 0.353. The molecule has 7 nitrogen and oxygen atoms in total. The second-order valence-corrected chi connectivity index (χ2v) is 5.63. The van der Waals surface area contributed by atoms with Gasteiger partial charge in [-0.15, -0.1) is 0 Å². The van der Waals surface area contributed by atoms with E-state index < -0.39 is 0 Å². The fourth-order valence-electron chi connectivity index (χ4n) is 2.49. The molecule has 0 saturated heterocycles. The molecule has 0 spiro atoms. The summed E-state index contributed by atoms with van der Waals surface area (Å²) in [7, 11) is 0. The summed E-state index contributed by atoms with van der Waals surface area (Å²) in [6.45, 7) is 4.99. The molecule has 0 aliphatic heterocycles. The summed E-state index contributed by atoms with van der Waals surface area (Å²) in [4.78, 5) is 12.4. The summed E-state index contributed by atoms with van der Waals surface area (Å²) in [5.41, 5.74) is 8.19. The Morgan fingerprint density at radius 2 is 1.92 bits per heavy atom. The monoisotopic (exact) mass is 327 g/mol. The number of fused-ring (bicyclic) bond motifs is 1. The van der Waals surface area contributed by atoms with Crippen molar-refractivity contribution in [3.8, 4) is 0 Å². The highest BCUT2D eigenvalue weighted by molar-refractivity contribution is 5.81. The molecule has 0 radical (unpaired) electrons. The van der Waals surface area contributed by atoms with E-state index in [1.54, 1.807) is 6.33 Å². The van der Waals surface area contributed by atoms with Gasteiger partial charge in [-0.05, 0) is 19.4 Å². The van der Waals surface area contributed by atoms with Gasteiger partial charge in [0.05, 0.1) is 25.6 Å². The summed E-state index contributed by atoms with van der Waals surface area (Å²) < 4.78 is 13.5. The van der Waals surface area contributed by atoms with Crippen molar-refractivity contribution in [3.63, 3.8) is 0 Å². The quantitative estimate of drug-likeness (QED) is 0.717. The van der Waals surface area contributed by atoms with Crippen LogP contribution in [0.25, 0.3) is 11.2 Å². The zero-order valence-electron chi connectivity index (χ0n) is 13.8. The second kappa shape index (κ2) is 7.37. The highest BCUT2D eigenvalue weighted by Crippen LogP contribution is 2.20. The van der Waals surface area contributed by atoms with Crippen LogP contribution in [0.5, 0.6) is 0 Å². The highest BCUT2D eigenvalue weighted by Gasteiger charge is 2.15. The van der Waals surface area contributed by atoms with E-state index in [0.29, 0.717) is 30.2 Å². The molecule has 2 N–H and O–H groups in total. The number of nitrogens with two attached hydrogens (primary N) is 1. The first-order valence-electron chi connectivity index (χ1n) is 7.85. The summed E-state index contributed by atoms with van der Waals surface area (Å²) in [5.74, 6) is 0.366. The van der Waals surface area contributed by atoms with Crippen molar-refractivity contribution in [1.29, 1.82) is 0 Å². The third-order valence-corrected chi connectivity index (χ3v) is 3.67. The van der Waals surface area contributed by atoms with Gasteiger partial charge in [-0.2, -0.15) is 0 Å². The maximum absolute atomic E-state index is 5.98. The van der Waals surface area contributed by atoms with Crippen molar-refractivity contribution in [2.75, 3.05) is 12.3 Å². The maximum atomic E-state index is 5.98. The van der Waals surface area contributed by atoms with Gasteiger partial charge < -0.3 is 15.2 Å². The van der Waals surface area contributed by atoms with Crippen LogP contribution in [-0.4, -0.2) is 32.2 Å². The second-order valence-electron chi connectivity index (χ2n) is 5.63. The van der Waals surface area contributed by atoms with Gasteiger partial charge in [0.2, 0.25) is 0 Å². The van der Waals surface area contributed by atoms with Crippen molar-refractivity contribution in [3.05, 3.63) is 48.5 Å². The van der Waals surface area contributed by atoms with Crippen molar-refractivity contribution >= 4 is 17.0 Å². The number of anilines is 1. The number of imidazole rings is 1. The predicted molar refractivity (Wildman–Crippen MR) is 91.1 cm³/mol. The van der Waals surface area contributed by atoms with Gasteiger partial charge in [0.25, 0.3) is 0 Å². The van der Waals surface area contributed by atoms with Crippen molar-refractivity contribution in [1.82, 2.24) is 19.5 Å². The normalized spacial score (nSPS) is 13.9. The Labute approximate surface area is 140 Å². The lowest BCUT2D eigenvalue weighted by Gasteiger charge is -2.20. The van der Waals surface area contributed by atoms with Crippen molar-refractivity contribution < 1.29 is 9.47 Å². The number of hydrogen-bond donors (Lipinski definition) is 1. The van der Waals surface area contributed by atoms with Crippen LogP contribution in [0.2, 0.25) is 0 Å². The predicted octanol–water partition coefficient (Wildman–Crippen LogP) is 2.55. The third-order valence-electron chi connectivity index (χ3n) is 3.67. The summed E-state index contributed by atoms with van der Waals surface area (Å²) >= 11 is 0. The number of aromatic nitrogens is 4. The minimum atomic E-state index is -0.236. The largest absolute Gasteiger partial charge is 0.382 e. The van der Waals surface area contributed by atoms with Crippen molar-refractivity contribution in [2.24, 2.45) is 0 Å². The zero-order valence-corrected chi connectivity index (χ0v) is 13.8. The number of rotatable bonds is 7. The Morgan fingerprint density at radius 3 is 2.71 bits per heavy atom. The minimum Gasteiger partial charge on any atom is -0.382 e. The lowest BCUT2D eigenvalue weighted by atomic mass is 10.2. The molecule has 2 atom stereocenters. The first-order chi connectivity index (χ1) is 11.6. The molecule has 3 aromatic rings. The van der Waals surface area contributed by atoms with Crippen LogP contribution in [0, 0.1) is 0 Å². The van der Waals surface area contributed by atoms with Crippen LogP contribution in [0.1, 0.15) is 25.6 Å². The van der Waals surface area contributed by atoms with E-state index in [2.05, 4.69) is 15.0 Å². The van der Waals surface area contributed by atoms with Crippen LogP contribution < -0.4 is 5.73 Å². The fourth-order valence-corrected chi connectivity index (χ4v) is 2.49. The highest BCUT2D eigenvalue weighted by atomic mass is 16.5. The lowest BCUT2D eigenvalue weighted by molar-refractivity contribution is -0.0723. The molecular formula is C17H21N5O2. The average Bonchev–Trinajstić information content (AvgIpc) is 3.01. The van der Waals surface area contributed by atoms with E-state index in [9.17, 15) is 0 Å². The van der Waals surface area contributed by atoms with Gasteiger partial charge in [0.15, 0.2) is 11.5 Å². The van der Waals surface area contributed by atoms with Gasteiger partial charge in [-0.1, -0.05) is 30.3 Å². The Bertz CT molecular complexity index is 790. The number of ether oxygens (including phenoxy) is 2. The smallest absolute Gasteiger partial charge is 0.167 e. The van der Waals surface area contributed by atoms with Crippen LogP contribution in [0.15, 0.2) is 43.0 Å². The van der Waals surface area contributed by atoms with E-state index in [-0.39, 0.29) is 12.3 Å². The first kappa shape index (κ1) is 16.4. The summed E-state index contributed by atoms with van der Waals surface area (Å²) in [5, 5.41) is 0. The molecule has 0 aliphatic rings. The van der Waals surface area contributed by atoms with Crippen LogP contribution in [0.4, 0.5) is 5.82 Å². The molecule has 7 heteroatoms. The topological polar surface area (TPSA) is 88.1 Å². The molecule has 24 heavy (non-hydrogen) atoms. The van der Waals surface area contributed by atoms with Crippen molar-refractivity contribution in [2.45, 2.75) is 32.8 Å². The number of hydrogen-bond acceptors (Lipinski definition) is 6. The molecular weight excluding hydrogens is 306 g/mol. The zero-order chi connectivity index (χ0) is 16.9. The van der Waals surface area contributed by atoms with Crippen LogP contribution in [0.3, 0.4) is 0 Å². The Kier molecular flexibility index (Phi) is 5.02. The van der Waals surface area contributed by atoms with Gasteiger partial charge >= 0.3 is 0 Å². The van der Waals surface area contributed by atoms with E-state index in [1.165, 1.54) is 6.33 Å². The molecule has 0 saturated carbocycles. The van der Waals surface area contributed by atoms with E-state index in [0.717, 1.165) is 5.56 Å². The lowest BCUT2D eigenvalue weighted by Crippen LogP contribution is -2.21. The molecule has 2 unspecified atom stereocenters. The van der Waals surface area contributed by atoms with Gasteiger partial charge in [-0.3, -0.25) is 4.57 Å². The molecule has 126 valence electrons. The molecule has 2 heterocycles. The average molecular weight is 327 g/mol. The molecule has 1 aromatic carbocycles. The van der Waals surface area contributed by atoms with Gasteiger partial charge in [0.1, 0.15) is 18.1 Å². The standard InChI is InChI=1S/C17H21N5O2/c1-12(8-23-9-14-6-4-3-5-7-14)24-13(2)22-11-21-15-16(18)19-10-20-17(15)22/h3-7,10-13H,8-9H2,1-2H3,(H2,18,19,20). The molecule has 2 aromatic heterocycles. The number of nitrogen functional groups attached to an aromatic ring is 1. The summed E-state index contributed by atoms with van der Waals surface area (Å²) in [6.07, 6.45) is 2.78. The van der Waals surface area contributed by atoms with E-state index >= 15 is 0 Å². The number of nitrogens with zero attached hydrogens (tertiary/aromatic N) is 4. The van der Waals surface area contributed by atoms with Gasteiger partial charge in [-0.25, -0.2) is 15.0 Å². The Balaban J connectivity index is 1.55. The Morgan fingerprint density at radius 1 is 1.12 bits per heavy atom. The van der Waals surface area contributed by atoms with E-state index in [1.807, 2.05) is 48.7 Å². The van der Waals surface area contributed by atoms with Gasteiger partial charge in [0, 0.05) is 0 Å². The molecule has 3 rings (SSSR count). The molecule has 0 fully saturated rings. The molecule has 0 amide bonds. The maximum Gasteiger partial charge on any atom is 0.167 e. The first-order valence-corrected chi connectivity index (χ1v) is 7.85. The number of benzene rings is 1. The van der Waals surface area contributed by atoms with Crippen LogP contribution in [-0.2, 0) is 16.1 Å². The SMILES string of the molecule is CC(COCc1ccccc1)OC(C)n1cnc2c(N)ncnc21. The molecule has 0 aliphatic carbocycles. The Hall–Kier alpha value is -2.51. The summed E-state index contributed by atoms with van der Waals surface area (Å²) in [6, 6.07) is 10.1. The third kappa shape index (κ3) is 3.69. The minimum absolute atomic E-state index is 0.0691. The molecule has 0 bridgehead atoms. The van der Waals surface area contributed by atoms with Crippen LogP contribution >= 0.6 is 0 Å².